The summed E-state index contributed by atoms with van der Waals surface area (Å²) in [6, 6.07) is 5.31. The van der Waals surface area contributed by atoms with Crippen LogP contribution in [0.1, 0.15) is 64.9 Å². The topological polar surface area (TPSA) is 100 Å². The van der Waals surface area contributed by atoms with E-state index in [2.05, 4.69) is 15.6 Å². The standard InChI is InChI=1S/C21H27N3O4/c1-7-17(25)23-15-9-8-12(4)16(10-15)24-20(26)19-13(5)18(14(6)22-19)21(27)28-11(2)3/h8-11,22H,7H2,1-6H3,(H,23,25)(H,24,26). The fraction of sp³-hybridized carbons (Fsp3) is 0.381. The summed E-state index contributed by atoms with van der Waals surface area (Å²) in [6.45, 7) is 10.6. The van der Waals surface area contributed by atoms with Crippen LogP contribution in [0, 0.1) is 20.8 Å². The van der Waals surface area contributed by atoms with Crippen LogP contribution in [-0.2, 0) is 9.53 Å². The molecule has 150 valence electrons. The minimum atomic E-state index is -0.458. The molecule has 0 radical (unpaired) electrons. The number of aryl methyl sites for hydroxylation is 2. The largest absolute Gasteiger partial charge is 0.459 e. The summed E-state index contributed by atoms with van der Waals surface area (Å²) >= 11 is 0. The number of carbonyl (C=O) groups is 3. The zero-order valence-corrected chi connectivity index (χ0v) is 17.1. The molecule has 0 unspecified atom stereocenters. The molecule has 0 saturated heterocycles. The maximum Gasteiger partial charge on any atom is 0.340 e. The Balaban J connectivity index is 2.27. The Labute approximate surface area is 164 Å². The number of nitrogens with one attached hydrogen (secondary N) is 3. The summed E-state index contributed by atoms with van der Waals surface area (Å²) in [5, 5.41) is 5.62. The molecule has 1 aromatic heterocycles. The summed E-state index contributed by atoms with van der Waals surface area (Å²) in [5.41, 5.74) is 3.83. The first-order chi connectivity index (χ1) is 13.1. The highest BCUT2D eigenvalue weighted by Crippen LogP contribution is 2.24. The molecule has 2 amide bonds. The van der Waals surface area contributed by atoms with Crippen LogP contribution in [0.4, 0.5) is 11.4 Å². The molecule has 0 aliphatic rings. The number of ether oxygens (including phenoxy) is 1. The van der Waals surface area contributed by atoms with E-state index in [1.165, 1.54) is 0 Å². The van der Waals surface area contributed by atoms with Crippen LogP contribution >= 0.6 is 0 Å². The molecule has 0 fully saturated rings. The van der Waals surface area contributed by atoms with E-state index in [0.717, 1.165) is 5.56 Å². The summed E-state index contributed by atoms with van der Waals surface area (Å²) in [6.07, 6.45) is 0.119. The van der Waals surface area contributed by atoms with Gasteiger partial charge in [0.1, 0.15) is 5.69 Å². The first-order valence-electron chi connectivity index (χ1n) is 9.26. The van der Waals surface area contributed by atoms with Gasteiger partial charge in [-0.3, -0.25) is 9.59 Å². The second kappa shape index (κ2) is 8.73. The van der Waals surface area contributed by atoms with E-state index in [9.17, 15) is 14.4 Å². The highest BCUT2D eigenvalue weighted by Gasteiger charge is 2.24. The van der Waals surface area contributed by atoms with Gasteiger partial charge in [0.25, 0.3) is 5.91 Å². The molecule has 2 rings (SSSR count). The average Bonchev–Trinajstić information content (AvgIpc) is 2.91. The van der Waals surface area contributed by atoms with Crippen molar-refractivity contribution in [2.75, 3.05) is 10.6 Å². The third-order valence-corrected chi connectivity index (χ3v) is 4.30. The number of aromatic nitrogens is 1. The van der Waals surface area contributed by atoms with Crippen LogP contribution in [-0.4, -0.2) is 28.9 Å². The van der Waals surface area contributed by atoms with Crippen LogP contribution in [0.2, 0.25) is 0 Å². The van der Waals surface area contributed by atoms with E-state index >= 15 is 0 Å². The van der Waals surface area contributed by atoms with Crippen LogP contribution in [0.15, 0.2) is 18.2 Å². The maximum absolute atomic E-state index is 12.8. The number of hydrogen-bond donors (Lipinski definition) is 3. The SMILES string of the molecule is CCC(=O)Nc1ccc(C)c(NC(=O)c2[nH]c(C)c(C(=O)OC(C)C)c2C)c1. The number of carbonyl (C=O) groups excluding carboxylic acids is 3. The molecule has 0 aliphatic heterocycles. The number of esters is 1. The van der Waals surface area contributed by atoms with Crippen molar-refractivity contribution in [1.82, 2.24) is 4.98 Å². The number of anilines is 2. The molecule has 3 N–H and O–H groups in total. The maximum atomic E-state index is 12.8. The summed E-state index contributed by atoms with van der Waals surface area (Å²) in [7, 11) is 0. The lowest BCUT2D eigenvalue weighted by atomic mass is 10.1. The van der Waals surface area contributed by atoms with Gasteiger partial charge >= 0.3 is 5.97 Å². The molecule has 0 atom stereocenters. The van der Waals surface area contributed by atoms with Crippen molar-refractivity contribution in [1.29, 1.82) is 0 Å². The molecule has 28 heavy (non-hydrogen) atoms. The number of rotatable bonds is 6. The molecule has 7 nitrogen and oxygen atoms in total. The zero-order chi connectivity index (χ0) is 21.0. The van der Waals surface area contributed by atoms with Gasteiger partial charge in [-0.2, -0.15) is 0 Å². The summed E-state index contributed by atoms with van der Waals surface area (Å²) in [5.74, 6) is -0.933. The van der Waals surface area contributed by atoms with Gasteiger partial charge in [-0.1, -0.05) is 13.0 Å². The van der Waals surface area contributed by atoms with Crippen molar-refractivity contribution < 1.29 is 19.1 Å². The normalized spacial score (nSPS) is 10.7. The van der Waals surface area contributed by atoms with Gasteiger partial charge in [0.15, 0.2) is 0 Å². The lowest BCUT2D eigenvalue weighted by molar-refractivity contribution is -0.115. The van der Waals surface area contributed by atoms with Gasteiger partial charge in [0.2, 0.25) is 5.91 Å². The molecule has 7 heteroatoms. The van der Waals surface area contributed by atoms with E-state index in [-0.39, 0.29) is 17.9 Å². The minimum Gasteiger partial charge on any atom is -0.459 e. The van der Waals surface area contributed by atoms with Crippen molar-refractivity contribution in [3.63, 3.8) is 0 Å². The third-order valence-electron chi connectivity index (χ3n) is 4.30. The number of hydrogen-bond acceptors (Lipinski definition) is 4. The number of amides is 2. The molecule has 0 aliphatic carbocycles. The second-order valence-corrected chi connectivity index (χ2v) is 6.96. The van der Waals surface area contributed by atoms with Gasteiger partial charge < -0.3 is 20.4 Å². The second-order valence-electron chi connectivity index (χ2n) is 6.96. The van der Waals surface area contributed by atoms with Crippen LogP contribution in [0.5, 0.6) is 0 Å². The Kier molecular flexibility index (Phi) is 6.62. The highest BCUT2D eigenvalue weighted by molar-refractivity contribution is 6.07. The number of H-pyrrole nitrogens is 1. The van der Waals surface area contributed by atoms with Gasteiger partial charge in [-0.25, -0.2) is 4.79 Å². The Bertz CT molecular complexity index is 913. The number of benzene rings is 1. The van der Waals surface area contributed by atoms with Crippen LogP contribution in [0.3, 0.4) is 0 Å². The monoisotopic (exact) mass is 385 g/mol. The zero-order valence-electron chi connectivity index (χ0n) is 17.1. The van der Waals surface area contributed by atoms with Gasteiger partial charge in [-0.05, 0) is 57.9 Å². The fourth-order valence-corrected chi connectivity index (χ4v) is 2.82. The number of aromatic amines is 1. The molecule has 1 heterocycles. The molecule has 0 saturated carbocycles. The van der Waals surface area contributed by atoms with Crippen molar-refractivity contribution >= 4 is 29.2 Å². The van der Waals surface area contributed by atoms with Gasteiger partial charge in [0, 0.05) is 23.5 Å². The predicted molar refractivity (Wildman–Crippen MR) is 109 cm³/mol. The Morgan fingerprint density at radius 1 is 1.11 bits per heavy atom. The van der Waals surface area contributed by atoms with Gasteiger partial charge in [0.05, 0.1) is 11.7 Å². The van der Waals surface area contributed by atoms with E-state index in [1.807, 2.05) is 13.0 Å². The van der Waals surface area contributed by atoms with Crippen molar-refractivity contribution in [3.8, 4) is 0 Å². The average molecular weight is 385 g/mol. The quantitative estimate of drug-likeness (QED) is 0.652. The van der Waals surface area contributed by atoms with Crippen molar-refractivity contribution in [3.05, 3.63) is 46.3 Å². The summed E-state index contributed by atoms with van der Waals surface area (Å²) in [4.78, 5) is 39.7. The minimum absolute atomic E-state index is 0.106. The lowest BCUT2D eigenvalue weighted by Gasteiger charge is -2.11. The lowest BCUT2D eigenvalue weighted by Crippen LogP contribution is -2.16. The first-order valence-corrected chi connectivity index (χ1v) is 9.26. The molecular weight excluding hydrogens is 358 g/mol. The van der Waals surface area contributed by atoms with E-state index in [4.69, 9.17) is 4.74 Å². The smallest absolute Gasteiger partial charge is 0.340 e. The predicted octanol–water partition coefficient (Wildman–Crippen LogP) is 4.11. The van der Waals surface area contributed by atoms with E-state index < -0.39 is 5.97 Å². The van der Waals surface area contributed by atoms with E-state index in [1.54, 1.807) is 46.8 Å². The molecular formula is C21H27N3O4. The highest BCUT2D eigenvalue weighted by atomic mass is 16.5. The molecule has 2 aromatic rings. The van der Waals surface area contributed by atoms with Crippen molar-refractivity contribution in [2.45, 2.75) is 54.1 Å². The van der Waals surface area contributed by atoms with Crippen LogP contribution < -0.4 is 10.6 Å². The Hall–Kier alpha value is -3.09. The summed E-state index contributed by atoms with van der Waals surface area (Å²) < 4.78 is 5.26. The van der Waals surface area contributed by atoms with E-state index in [0.29, 0.717) is 40.3 Å². The molecule has 0 bridgehead atoms. The fourth-order valence-electron chi connectivity index (χ4n) is 2.82. The Morgan fingerprint density at radius 3 is 2.39 bits per heavy atom. The van der Waals surface area contributed by atoms with Crippen molar-refractivity contribution in [2.24, 2.45) is 0 Å². The van der Waals surface area contributed by atoms with Gasteiger partial charge in [-0.15, -0.1) is 0 Å². The molecule has 1 aromatic carbocycles. The third kappa shape index (κ3) is 4.79. The first kappa shape index (κ1) is 21.2. The van der Waals surface area contributed by atoms with Crippen LogP contribution in [0.25, 0.3) is 0 Å². The Morgan fingerprint density at radius 2 is 1.79 bits per heavy atom. The molecule has 0 spiro atoms.